The van der Waals surface area contributed by atoms with Gasteiger partial charge in [-0.3, -0.25) is 19.3 Å². The van der Waals surface area contributed by atoms with Crippen molar-refractivity contribution < 1.29 is 22.8 Å². The van der Waals surface area contributed by atoms with E-state index in [-0.39, 0.29) is 24.6 Å². The monoisotopic (exact) mass is 517 g/mol. The number of carbonyl (C=O) groups is 2. The van der Waals surface area contributed by atoms with Gasteiger partial charge in [-0.15, -0.1) is 11.3 Å². The Labute approximate surface area is 210 Å². The van der Waals surface area contributed by atoms with Crippen LogP contribution in [0.25, 0.3) is 0 Å². The third kappa shape index (κ3) is 5.02. The predicted octanol–water partition coefficient (Wildman–Crippen LogP) is 4.68. The summed E-state index contributed by atoms with van der Waals surface area (Å²) in [6.45, 7) is -0.0900. The van der Waals surface area contributed by atoms with Gasteiger partial charge < -0.3 is 10.6 Å². The maximum Gasteiger partial charge on any atom is 0.435 e. The third-order valence-corrected chi connectivity index (χ3v) is 7.83. The molecule has 0 unspecified atom stereocenters. The van der Waals surface area contributed by atoms with Crippen molar-refractivity contribution in [2.45, 2.75) is 70.6 Å². The van der Waals surface area contributed by atoms with E-state index in [4.69, 9.17) is 0 Å². The topological polar surface area (TPSA) is 88.9 Å². The van der Waals surface area contributed by atoms with E-state index in [0.717, 1.165) is 42.5 Å². The molecular weight excluding hydrogens is 491 g/mol. The molecule has 0 fully saturated rings. The number of hydrogen-bond acceptors (Lipinski definition) is 5. The number of hydrogen-bond donors (Lipinski definition) is 2. The molecule has 0 saturated heterocycles. The minimum atomic E-state index is -4.56. The number of aryl methyl sites for hydroxylation is 1. The fraction of sp³-hybridized carbons (Fsp3) is 0.440. The van der Waals surface area contributed by atoms with Gasteiger partial charge in [0, 0.05) is 22.3 Å². The molecule has 3 aromatic heterocycles. The Kier molecular flexibility index (Phi) is 6.83. The summed E-state index contributed by atoms with van der Waals surface area (Å²) in [4.78, 5) is 31.5. The Morgan fingerprint density at radius 3 is 2.53 bits per heavy atom. The number of rotatable bonds is 6. The normalized spacial score (nSPS) is 15.2. The lowest BCUT2D eigenvalue weighted by atomic mass is 9.95. The van der Waals surface area contributed by atoms with Crippen LogP contribution in [0, 0.1) is 0 Å². The summed E-state index contributed by atoms with van der Waals surface area (Å²) in [6.07, 6.45) is 2.83. The first-order valence-corrected chi connectivity index (χ1v) is 12.9. The van der Waals surface area contributed by atoms with Gasteiger partial charge in [0.2, 0.25) is 5.91 Å². The molecule has 0 atom stereocenters. The van der Waals surface area contributed by atoms with Crippen LogP contribution in [-0.4, -0.2) is 26.6 Å². The number of nitrogens with zero attached hydrogens (tertiary/aromatic N) is 3. The molecule has 0 aromatic carbocycles. The maximum atomic E-state index is 13.5. The molecule has 5 rings (SSSR count). The Morgan fingerprint density at radius 1 is 1.03 bits per heavy atom. The number of pyridine rings is 1. The van der Waals surface area contributed by atoms with Crippen LogP contribution in [0.2, 0.25) is 0 Å². The number of anilines is 1. The van der Waals surface area contributed by atoms with E-state index in [1.165, 1.54) is 16.0 Å². The molecule has 3 heterocycles. The van der Waals surface area contributed by atoms with Gasteiger partial charge in [0.15, 0.2) is 5.69 Å². The first-order chi connectivity index (χ1) is 17.3. The summed E-state index contributed by atoms with van der Waals surface area (Å²) >= 11 is 1.37. The molecule has 7 nitrogen and oxygen atoms in total. The van der Waals surface area contributed by atoms with Crippen molar-refractivity contribution in [1.29, 1.82) is 0 Å². The van der Waals surface area contributed by atoms with Crippen LogP contribution in [-0.2, 0) is 49.7 Å². The van der Waals surface area contributed by atoms with Gasteiger partial charge in [-0.2, -0.15) is 18.3 Å². The van der Waals surface area contributed by atoms with E-state index in [2.05, 4.69) is 20.7 Å². The lowest BCUT2D eigenvalue weighted by Gasteiger charge is -2.15. The highest BCUT2D eigenvalue weighted by Crippen LogP contribution is 2.39. The molecule has 11 heteroatoms. The smallest absolute Gasteiger partial charge is 0.346 e. The standard InChI is InChI=1S/C25H26F3N5O2S/c26-25(27,28)22-16-8-1-3-10-18(16)33(32-22)14-20(34)31-24-21(17-9-2-4-11-19(17)36-24)23(35)30-13-15-7-5-6-12-29-15/h5-7,12H,1-4,8-11,13-14H2,(H,30,35)(H,31,34). The summed E-state index contributed by atoms with van der Waals surface area (Å²) in [5, 5.41) is 9.91. The van der Waals surface area contributed by atoms with Gasteiger partial charge in [0.05, 0.1) is 17.8 Å². The van der Waals surface area contributed by atoms with Gasteiger partial charge in [-0.25, -0.2) is 0 Å². The Morgan fingerprint density at radius 2 is 1.78 bits per heavy atom. The molecule has 0 aliphatic heterocycles. The number of halogens is 3. The highest BCUT2D eigenvalue weighted by Gasteiger charge is 2.39. The van der Waals surface area contributed by atoms with Gasteiger partial charge in [-0.1, -0.05) is 6.07 Å². The van der Waals surface area contributed by atoms with E-state index in [0.29, 0.717) is 41.2 Å². The third-order valence-electron chi connectivity index (χ3n) is 6.63. The lowest BCUT2D eigenvalue weighted by molar-refractivity contribution is -0.142. The minimum Gasteiger partial charge on any atom is -0.346 e. The zero-order chi connectivity index (χ0) is 25.3. The van der Waals surface area contributed by atoms with Gasteiger partial charge in [-0.05, 0) is 69.1 Å². The Bertz CT molecular complexity index is 1280. The summed E-state index contributed by atoms with van der Waals surface area (Å²) < 4.78 is 41.7. The SMILES string of the molecule is O=C(Cn1nc(C(F)(F)F)c2c1CCCC2)Nc1sc2c(c1C(=O)NCc1ccccn1)CCCC2. The second kappa shape index (κ2) is 10.0. The molecule has 2 N–H and O–H groups in total. The van der Waals surface area contributed by atoms with Crippen LogP contribution in [0.5, 0.6) is 0 Å². The number of alkyl halides is 3. The zero-order valence-corrected chi connectivity index (χ0v) is 20.4. The maximum absolute atomic E-state index is 13.5. The number of fused-ring (bicyclic) bond motifs is 2. The summed E-state index contributed by atoms with van der Waals surface area (Å²) in [7, 11) is 0. The number of nitrogens with one attached hydrogen (secondary N) is 2. The quantitative estimate of drug-likeness (QED) is 0.497. The largest absolute Gasteiger partial charge is 0.435 e. The summed E-state index contributed by atoms with van der Waals surface area (Å²) in [6, 6.07) is 5.44. The second-order valence-electron chi connectivity index (χ2n) is 9.10. The van der Waals surface area contributed by atoms with Crippen LogP contribution in [0.4, 0.5) is 18.2 Å². The molecule has 190 valence electrons. The number of aromatic nitrogens is 3. The van der Waals surface area contributed by atoms with Crippen LogP contribution in [0.15, 0.2) is 24.4 Å². The van der Waals surface area contributed by atoms with Gasteiger partial charge >= 0.3 is 6.18 Å². The molecular formula is C25H26F3N5O2S. The average Bonchev–Trinajstić information content (AvgIpc) is 3.41. The van der Waals surface area contributed by atoms with E-state index in [1.807, 2.05) is 12.1 Å². The van der Waals surface area contributed by atoms with Crippen LogP contribution < -0.4 is 10.6 Å². The molecule has 2 amide bonds. The molecule has 2 aliphatic carbocycles. The van der Waals surface area contributed by atoms with Crippen molar-refractivity contribution in [1.82, 2.24) is 20.1 Å². The van der Waals surface area contributed by atoms with Gasteiger partial charge in [0.25, 0.3) is 5.91 Å². The molecule has 0 bridgehead atoms. The first-order valence-electron chi connectivity index (χ1n) is 12.1. The molecule has 0 saturated carbocycles. The molecule has 0 spiro atoms. The van der Waals surface area contributed by atoms with Crippen molar-refractivity contribution >= 4 is 28.2 Å². The fourth-order valence-electron chi connectivity index (χ4n) is 4.99. The molecule has 3 aromatic rings. The van der Waals surface area contributed by atoms with Crippen LogP contribution in [0.1, 0.15) is 69.1 Å². The van der Waals surface area contributed by atoms with Crippen molar-refractivity contribution in [2.24, 2.45) is 0 Å². The summed E-state index contributed by atoms with van der Waals surface area (Å²) in [5.41, 5.74) is 1.87. The lowest BCUT2D eigenvalue weighted by Crippen LogP contribution is -2.27. The van der Waals surface area contributed by atoms with E-state index < -0.39 is 17.8 Å². The fourth-order valence-corrected chi connectivity index (χ4v) is 6.29. The minimum absolute atomic E-state index is 0.197. The van der Waals surface area contributed by atoms with E-state index in [9.17, 15) is 22.8 Å². The molecule has 0 radical (unpaired) electrons. The predicted molar refractivity (Wildman–Crippen MR) is 129 cm³/mol. The molecule has 36 heavy (non-hydrogen) atoms. The second-order valence-corrected chi connectivity index (χ2v) is 10.2. The summed E-state index contributed by atoms with van der Waals surface area (Å²) in [5.74, 6) is -0.803. The highest BCUT2D eigenvalue weighted by molar-refractivity contribution is 7.17. The van der Waals surface area contributed by atoms with Gasteiger partial charge in [0.1, 0.15) is 11.5 Å². The highest BCUT2D eigenvalue weighted by atomic mass is 32.1. The van der Waals surface area contributed by atoms with Crippen LogP contribution in [0.3, 0.4) is 0 Å². The number of thiophene rings is 1. The zero-order valence-electron chi connectivity index (χ0n) is 19.6. The van der Waals surface area contributed by atoms with E-state index >= 15 is 0 Å². The Balaban J connectivity index is 1.37. The first kappa shape index (κ1) is 24.5. The van der Waals surface area contributed by atoms with Crippen LogP contribution >= 0.6 is 11.3 Å². The Hall–Kier alpha value is -3.21. The van der Waals surface area contributed by atoms with E-state index in [1.54, 1.807) is 12.3 Å². The average molecular weight is 518 g/mol. The van der Waals surface area contributed by atoms with Crippen molar-refractivity contribution in [3.63, 3.8) is 0 Å². The number of amides is 2. The van der Waals surface area contributed by atoms with Crippen molar-refractivity contribution in [3.05, 3.63) is 63.0 Å². The van der Waals surface area contributed by atoms with Crippen molar-refractivity contribution in [3.8, 4) is 0 Å². The van der Waals surface area contributed by atoms with Crippen molar-refractivity contribution in [2.75, 3.05) is 5.32 Å². The number of carbonyl (C=O) groups excluding carboxylic acids is 2. The molecule has 2 aliphatic rings.